The first-order valence-corrected chi connectivity index (χ1v) is 9.54. The van der Waals surface area contributed by atoms with Gasteiger partial charge >= 0.3 is 11.9 Å². The summed E-state index contributed by atoms with van der Waals surface area (Å²) < 4.78 is 5.99. The highest BCUT2D eigenvalue weighted by Gasteiger charge is 2.10. The summed E-state index contributed by atoms with van der Waals surface area (Å²) in [6, 6.07) is 12.6. The van der Waals surface area contributed by atoms with Crippen LogP contribution in [0.1, 0.15) is 55.3 Å². The number of carbonyl (C=O) groups is 4. The second-order valence-corrected chi connectivity index (χ2v) is 6.23. The van der Waals surface area contributed by atoms with Crippen LogP contribution in [0, 0.1) is 0 Å². The maximum atomic E-state index is 11.2. The fourth-order valence-electron chi connectivity index (χ4n) is 1.79. The molecular formula is C20H21IO6. The van der Waals surface area contributed by atoms with Crippen molar-refractivity contribution in [3.8, 4) is 0 Å². The molecule has 2 aromatic carbocycles. The first-order valence-electron chi connectivity index (χ1n) is 8.01. The van der Waals surface area contributed by atoms with Gasteiger partial charge in [-0.3, -0.25) is 9.59 Å². The standard InChI is InChI=1S/C10H10O3.C8H6O3.C2H5I/c1-2-13-10(12)9-6-4-3-5-8(9)7-11;9-5-6-3-1-2-4-7(6)8(10)11;1-2-3/h3-7H,2H2,1H3;1-5H,(H,10,11);2H2,1H3. The molecule has 0 radical (unpaired) electrons. The van der Waals surface area contributed by atoms with Crippen molar-refractivity contribution in [2.75, 3.05) is 11.0 Å². The number of hydrogen-bond acceptors (Lipinski definition) is 5. The van der Waals surface area contributed by atoms with E-state index >= 15 is 0 Å². The van der Waals surface area contributed by atoms with E-state index in [0.29, 0.717) is 30.3 Å². The molecule has 0 aliphatic rings. The molecule has 144 valence electrons. The molecule has 7 heteroatoms. The third-order valence-corrected chi connectivity index (χ3v) is 2.90. The largest absolute Gasteiger partial charge is 0.478 e. The third-order valence-electron chi connectivity index (χ3n) is 2.90. The maximum Gasteiger partial charge on any atom is 0.338 e. The molecule has 0 aliphatic heterocycles. The number of hydrogen-bond donors (Lipinski definition) is 1. The van der Waals surface area contributed by atoms with E-state index in [4.69, 9.17) is 9.84 Å². The summed E-state index contributed by atoms with van der Waals surface area (Å²) in [7, 11) is 0. The minimum atomic E-state index is -1.08. The van der Waals surface area contributed by atoms with E-state index in [0.717, 1.165) is 0 Å². The van der Waals surface area contributed by atoms with Gasteiger partial charge in [0, 0.05) is 11.1 Å². The summed E-state index contributed by atoms with van der Waals surface area (Å²) in [5.74, 6) is -1.53. The number of ether oxygens (including phenoxy) is 1. The van der Waals surface area contributed by atoms with Crippen LogP contribution in [0.3, 0.4) is 0 Å². The summed E-state index contributed by atoms with van der Waals surface area (Å²) in [5, 5.41) is 8.54. The summed E-state index contributed by atoms with van der Waals surface area (Å²) in [4.78, 5) is 42.5. The second kappa shape index (κ2) is 14.6. The molecule has 0 amide bonds. The summed E-state index contributed by atoms with van der Waals surface area (Å²) in [6.45, 7) is 4.15. The lowest BCUT2D eigenvalue weighted by atomic mass is 10.1. The fourth-order valence-corrected chi connectivity index (χ4v) is 1.79. The zero-order valence-corrected chi connectivity index (χ0v) is 17.2. The molecule has 0 atom stereocenters. The van der Waals surface area contributed by atoms with Crippen molar-refractivity contribution in [2.24, 2.45) is 0 Å². The van der Waals surface area contributed by atoms with E-state index in [1.165, 1.54) is 16.6 Å². The smallest absolute Gasteiger partial charge is 0.338 e. The molecule has 6 nitrogen and oxygen atoms in total. The van der Waals surface area contributed by atoms with E-state index in [1.54, 1.807) is 43.3 Å². The summed E-state index contributed by atoms with van der Waals surface area (Å²) >= 11 is 2.29. The normalized spacial score (nSPS) is 8.85. The van der Waals surface area contributed by atoms with Crippen molar-refractivity contribution in [2.45, 2.75) is 13.8 Å². The zero-order valence-electron chi connectivity index (χ0n) is 15.1. The van der Waals surface area contributed by atoms with Crippen molar-refractivity contribution in [3.05, 3.63) is 70.8 Å². The Balaban J connectivity index is 0.000000442. The lowest BCUT2D eigenvalue weighted by molar-refractivity contribution is 0.0523. The zero-order chi connectivity index (χ0) is 20.7. The Kier molecular flexibility index (Phi) is 13.2. The van der Waals surface area contributed by atoms with Crippen molar-refractivity contribution < 1.29 is 29.0 Å². The van der Waals surface area contributed by atoms with Gasteiger partial charge in [-0.05, 0) is 23.5 Å². The molecule has 1 N–H and O–H groups in total. The molecule has 2 rings (SSSR count). The van der Waals surface area contributed by atoms with Crippen LogP contribution in [0.5, 0.6) is 0 Å². The number of rotatable bonds is 5. The number of benzene rings is 2. The quantitative estimate of drug-likeness (QED) is 0.294. The number of esters is 1. The average molecular weight is 484 g/mol. The Morgan fingerprint density at radius 3 is 1.70 bits per heavy atom. The molecule has 0 bridgehead atoms. The predicted molar refractivity (Wildman–Crippen MR) is 111 cm³/mol. The number of carbonyl (C=O) groups excluding carboxylic acids is 3. The van der Waals surface area contributed by atoms with E-state index in [1.807, 2.05) is 0 Å². The Bertz CT molecular complexity index is 758. The minimum Gasteiger partial charge on any atom is -0.478 e. The molecule has 0 heterocycles. The van der Waals surface area contributed by atoms with Gasteiger partial charge in [-0.2, -0.15) is 0 Å². The Morgan fingerprint density at radius 1 is 0.926 bits per heavy atom. The van der Waals surface area contributed by atoms with Crippen molar-refractivity contribution >= 4 is 47.1 Å². The molecule has 0 saturated heterocycles. The van der Waals surface area contributed by atoms with Crippen molar-refractivity contribution in [1.82, 2.24) is 0 Å². The van der Waals surface area contributed by atoms with Gasteiger partial charge in [-0.1, -0.05) is 65.9 Å². The maximum absolute atomic E-state index is 11.2. The van der Waals surface area contributed by atoms with Crippen LogP contribution in [-0.4, -0.2) is 40.7 Å². The molecule has 0 aromatic heterocycles. The summed E-state index contributed by atoms with van der Waals surface area (Å²) in [5.41, 5.74) is 0.933. The Labute approximate surface area is 171 Å². The Morgan fingerprint density at radius 2 is 1.33 bits per heavy atom. The highest BCUT2D eigenvalue weighted by Crippen LogP contribution is 2.07. The van der Waals surface area contributed by atoms with E-state index in [2.05, 4.69) is 29.5 Å². The van der Waals surface area contributed by atoms with E-state index in [9.17, 15) is 19.2 Å². The number of halogens is 1. The van der Waals surface area contributed by atoms with E-state index in [-0.39, 0.29) is 11.1 Å². The molecule has 2 aromatic rings. The summed E-state index contributed by atoms with van der Waals surface area (Å²) in [6.07, 6.45) is 1.18. The predicted octanol–water partition coefficient (Wildman–Crippen LogP) is 4.31. The van der Waals surface area contributed by atoms with Crippen molar-refractivity contribution in [3.63, 3.8) is 0 Å². The SMILES string of the molecule is CCI.CCOC(=O)c1ccccc1C=O.O=Cc1ccccc1C(=O)O. The monoisotopic (exact) mass is 484 g/mol. The van der Waals surface area contributed by atoms with Crippen LogP contribution in [0.15, 0.2) is 48.5 Å². The fraction of sp³-hybridized carbons (Fsp3) is 0.200. The van der Waals surface area contributed by atoms with Gasteiger partial charge in [0.15, 0.2) is 12.6 Å². The molecule has 0 unspecified atom stereocenters. The van der Waals surface area contributed by atoms with Crippen LogP contribution in [-0.2, 0) is 4.74 Å². The topological polar surface area (TPSA) is 97.7 Å². The van der Waals surface area contributed by atoms with Gasteiger partial charge in [-0.25, -0.2) is 9.59 Å². The first kappa shape index (κ1) is 24.5. The molecule has 0 spiro atoms. The number of alkyl halides is 1. The van der Waals surface area contributed by atoms with Crippen LogP contribution in [0.2, 0.25) is 0 Å². The van der Waals surface area contributed by atoms with Gasteiger partial charge in [0.05, 0.1) is 17.7 Å². The van der Waals surface area contributed by atoms with Gasteiger partial charge in [0.2, 0.25) is 0 Å². The van der Waals surface area contributed by atoms with E-state index < -0.39 is 11.9 Å². The van der Waals surface area contributed by atoms with Crippen molar-refractivity contribution in [1.29, 1.82) is 0 Å². The van der Waals surface area contributed by atoms with Crippen LogP contribution in [0.4, 0.5) is 0 Å². The average Bonchev–Trinajstić information content (AvgIpc) is 2.69. The number of carboxylic acid groups (broad SMARTS) is 1. The molecule has 0 aliphatic carbocycles. The van der Waals surface area contributed by atoms with Gasteiger partial charge in [-0.15, -0.1) is 0 Å². The highest BCUT2D eigenvalue weighted by molar-refractivity contribution is 14.1. The highest BCUT2D eigenvalue weighted by atomic mass is 127. The van der Waals surface area contributed by atoms with Gasteiger partial charge < -0.3 is 9.84 Å². The molecule has 27 heavy (non-hydrogen) atoms. The lowest BCUT2D eigenvalue weighted by Gasteiger charge is -2.02. The Hall–Kier alpha value is -2.55. The van der Waals surface area contributed by atoms with Crippen LogP contribution in [0.25, 0.3) is 0 Å². The van der Waals surface area contributed by atoms with Crippen LogP contribution >= 0.6 is 22.6 Å². The molecular weight excluding hydrogens is 463 g/mol. The lowest BCUT2D eigenvalue weighted by Crippen LogP contribution is -2.07. The minimum absolute atomic E-state index is 0.0440. The second-order valence-electron chi connectivity index (χ2n) is 4.70. The first-order chi connectivity index (χ1) is 13.0. The molecule has 0 saturated carbocycles. The molecule has 0 fully saturated rings. The number of aromatic carboxylic acids is 1. The third kappa shape index (κ3) is 9.09. The van der Waals surface area contributed by atoms with Gasteiger partial charge in [0.1, 0.15) is 0 Å². The van der Waals surface area contributed by atoms with Crippen LogP contribution < -0.4 is 0 Å². The number of carboxylic acids is 1. The van der Waals surface area contributed by atoms with Gasteiger partial charge in [0.25, 0.3) is 0 Å². The number of aldehydes is 2.